The van der Waals surface area contributed by atoms with Crippen molar-refractivity contribution in [3.8, 4) is 6.07 Å². The number of anilines is 1. The normalized spacial score (nSPS) is 9.47. The third-order valence-electron chi connectivity index (χ3n) is 2.04. The van der Waals surface area contributed by atoms with Crippen molar-refractivity contribution in [2.75, 3.05) is 19.0 Å². The van der Waals surface area contributed by atoms with E-state index in [0.717, 1.165) is 12.1 Å². The molecule has 88 valence electrons. The standard InChI is InChI=1S/C9H8N4O4/c1-11(2)9-7(12(14)15)3-6(5-10)4-8(9)13(16)17/h3-4H,1-2H3. The van der Waals surface area contributed by atoms with Gasteiger partial charge in [0.05, 0.1) is 21.5 Å². The SMILES string of the molecule is CN(C)c1c([N+](=O)[O-])cc(C#N)cc1[N+](=O)[O-]. The summed E-state index contributed by atoms with van der Waals surface area (Å²) in [4.78, 5) is 21.4. The van der Waals surface area contributed by atoms with E-state index in [1.807, 2.05) is 0 Å². The molecule has 8 nitrogen and oxygen atoms in total. The van der Waals surface area contributed by atoms with Crippen LogP contribution in [0.4, 0.5) is 17.1 Å². The Hall–Kier alpha value is -2.69. The lowest BCUT2D eigenvalue weighted by Crippen LogP contribution is -2.13. The van der Waals surface area contributed by atoms with Crippen molar-refractivity contribution in [2.45, 2.75) is 0 Å². The second-order valence-corrected chi connectivity index (χ2v) is 3.38. The van der Waals surface area contributed by atoms with Crippen molar-refractivity contribution in [1.29, 1.82) is 5.26 Å². The largest absolute Gasteiger partial charge is 0.366 e. The van der Waals surface area contributed by atoms with Crippen molar-refractivity contribution < 1.29 is 9.85 Å². The number of benzene rings is 1. The van der Waals surface area contributed by atoms with Crippen LogP contribution in [0.25, 0.3) is 0 Å². The Morgan fingerprint density at radius 3 is 1.82 bits per heavy atom. The van der Waals surface area contributed by atoms with Gasteiger partial charge in [0.2, 0.25) is 0 Å². The molecular formula is C9H8N4O4. The summed E-state index contributed by atoms with van der Waals surface area (Å²) in [6, 6.07) is 3.69. The zero-order chi connectivity index (χ0) is 13.2. The first-order chi connectivity index (χ1) is 7.88. The Kier molecular flexibility index (Phi) is 3.23. The van der Waals surface area contributed by atoms with Gasteiger partial charge in [-0.1, -0.05) is 0 Å². The first-order valence-corrected chi connectivity index (χ1v) is 4.42. The molecule has 0 bridgehead atoms. The van der Waals surface area contributed by atoms with Crippen LogP contribution >= 0.6 is 0 Å². The van der Waals surface area contributed by atoms with Gasteiger partial charge in [-0.05, 0) is 0 Å². The molecule has 0 fully saturated rings. The average molecular weight is 236 g/mol. The summed E-state index contributed by atoms with van der Waals surface area (Å²) in [5, 5.41) is 30.3. The van der Waals surface area contributed by atoms with E-state index in [4.69, 9.17) is 5.26 Å². The lowest BCUT2D eigenvalue weighted by Gasteiger charge is -2.12. The molecule has 0 aliphatic heterocycles. The highest BCUT2D eigenvalue weighted by atomic mass is 16.6. The van der Waals surface area contributed by atoms with Crippen LogP contribution in [0.1, 0.15) is 5.56 Å². The van der Waals surface area contributed by atoms with Crippen LogP contribution in [0.15, 0.2) is 12.1 Å². The molecule has 0 radical (unpaired) electrons. The zero-order valence-corrected chi connectivity index (χ0v) is 9.08. The van der Waals surface area contributed by atoms with Gasteiger partial charge in [-0.15, -0.1) is 0 Å². The number of nitro benzene ring substituents is 2. The molecule has 0 spiro atoms. The Morgan fingerprint density at radius 1 is 1.18 bits per heavy atom. The minimum Gasteiger partial charge on any atom is -0.366 e. The molecule has 1 aromatic carbocycles. The average Bonchev–Trinajstić information content (AvgIpc) is 2.26. The van der Waals surface area contributed by atoms with E-state index in [9.17, 15) is 20.2 Å². The van der Waals surface area contributed by atoms with E-state index in [1.165, 1.54) is 19.0 Å². The van der Waals surface area contributed by atoms with E-state index in [0.29, 0.717) is 0 Å². The number of nitrogens with zero attached hydrogens (tertiary/aromatic N) is 4. The van der Waals surface area contributed by atoms with E-state index >= 15 is 0 Å². The summed E-state index contributed by atoms with van der Waals surface area (Å²) < 4.78 is 0. The van der Waals surface area contributed by atoms with Crippen LogP contribution in [0.5, 0.6) is 0 Å². The Balaban J connectivity index is 3.69. The summed E-state index contributed by atoms with van der Waals surface area (Å²) in [5.41, 5.74) is -1.16. The van der Waals surface area contributed by atoms with Gasteiger partial charge in [-0.3, -0.25) is 20.2 Å². The Bertz CT molecular complexity index is 497. The molecule has 17 heavy (non-hydrogen) atoms. The topological polar surface area (TPSA) is 113 Å². The van der Waals surface area contributed by atoms with E-state index < -0.39 is 21.2 Å². The maximum absolute atomic E-state index is 10.8. The maximum Gasteiger partial charge on any atom is 0.300 e. The van der Waals surface area contributed by atoms with Crippen molar-refractivity contribution in [3.05, 3.63) is 37.9 Å². The molecule has 0 aliphatic carbocycles. The second kappa shape index (κ2) is 4.44. The molecule has 0 N–H and O–H groups in total. The molecule has 1 rings (SSSR count). The molecule has 0 amide bonds. The third kappa shape index (κ3) is 2.28. The Labute approximate surface area is 96.0 Å². The van der Waals surface area contributed by atoms with Crippen LogP contribution in [0.2, 0.25) is 0 Å². The second-order valence-electron chi connectivity index (χ2n) is 3.38. The fraction of sp³-hybridized carbons (Fsp3) is 0.222. The van der Waals surface area contributed by atoms with Gasteiger partial charge in [-0.25, -0.2) is 0 Å². The smallest absolute Gasteiger partial charge is 0.300 e. The first kappa shape index (κ1) is 12.4. The van der Waals surface area contributed by atoms with Gasteiger partial charge < -0.3 is 4.90 Å². The fourth-order valence-electron chi connectivity index (χ4n) is 1.41. The molecule has 8 heteroatoms. The van der Waals surface area contributed by atoms with Crippen molar-refractivity contribution in [2.24, 2.45) is 0 Å². The van der Waals surface area contributed by atoms with Crippen LogP contribution in [-0.2, 0) is 0 Å². The van der Waals surface area contributed by atoms with Gasteiger partial charge in [0.1, 0.15) is 0 Å². The van der Waals surface area contributed by atoms with E-state index in [-0.39, 0.29) is 11.3 Å². The van der Waals surface area contributed by atoms with Crippen LogP contribution in [0, 0.1) is 31.6 Å². The molecular weight excluding hydrogens is 228 g/mol. The summed E-state index contributed by atoms with van der Waals surface area (Å²) in [5.74, 6) is 0. The zero-order valence-electron chi connectivity index (χ0n) is 9.08. The number of nitro groups is 2. The maximum atomic E-state index is 10.8. The molecule has 0 atom stereocenters. The molecule has 0 aliphatic rings. The van der Waals surface area contributed by atoms with Crippen LogP contribution in [-0.4, -0.2) is 23.9 Å². The summed E-state index contributed by atoms with van der Waals surface area (Å²) in [6.45, 7) is 0. The molecule has 0 unspecified atom stereocenters. The molecule has 1 aromatic rings. The Morgan fingerprint density at radius 2 is 1.59 bits per heavy atom. The van der Waals surface area contributed by atoms with Gasteiger partial charge >= 0.3 is 11.4 Å². The predicted molar refractivity (Wildman–Crippen MR) is 58.8 cm³/mol. The van der Waals surface area contributed by atoms with Crippen molar-refractivity contribution in [3.63, 3.8) is 0 Å². The molecule has 0 heterocycles. The van der Waals surface area contributed by atoms with Crippen molar-refractivity contribution >= 4 is 17.1 Å². The van der Waals surface area contributed by atoms with Crippen molar-refractivity contribution in [1.82, 2.24) is 0 Å². The number of hydrogen-bond acceptors (Lipinski definition) is 6. The van der Waals surface area contributed by atoms with Gasteiger partial charge in [0.15, 0.2) is 5.69 Å². The quantitative estimate of drug-likeness (QED) is 0.579. The lowest BCUT2D eigenvalue weighted by molar-refractivity contribution is -0.392. The van der Waals surface area contributed by atoms with E-state index in [1.54, 1.807) is 6.07 Å². The number of nitriles is 1. The number of hydrogen-bond donors (Lipinski definition) is 0. The van der Waals surface area contributed by atoms with E-state index in [2.05, 4.69) is 0 Å². The van der Waals surface area contributed by atoms with Gasteiger partial charge in [0.25, 0.3) is 0 Å². The van der Waals surface area contributed by atoms with Gasteiger partial charge in [0, 0.05) is 26.2 Å². The summed E-state index contributed by atoms with van der Waals surface area (Å²) in [7, 11) is 2.92. The highest BCUT2D eigenvalue weighted by Crippen LogP contribution is 2.37. The summed E-state index contributed by atoms with van der Waals surface area (Å²) >= 11 is 0. The third-order valence-corrected chi connectivity index (χ3v) is 2.04. The predicted octanol–water partition coefficient (Wildman–Crippen LogP) is 1.44. The highest BCUT2D eigenvalue weighted by molar-refractivity contribution is 5.76. The minimum absolute atomic E-state index is 0.117. The lowest BCUT2D eigenvalue weighted by atomic mass is 10.1. The van der Waals surface area contributed by atoms with Crippen LogP contribution in [0.3, 0.4) is 0 Å². The first-order valence-electron chi connectivity index (χ1n) is 4.42. The highest BCUT2D eigenvalue weighted by Gasteiger charge is 2.28. The number of rotatable bonds is 3. The molecule has 0 saturated carbocycles. The minimum atomic E-state index is -0.747. The molecule has 0 saturated heterocycles. The monoisotopic (exact) mass is 236 g/mol. The van der Waals surface area contributed by atoms with Gasteiger partial charge in [-0.2, -0.15) is 5.26 Å². The fourth-order valence-corrected chi connectivity index (χ4v) is 1.41. The molecule has 0 aromatic heterocycles. The van der Waals surface area contributed by atoms with Crippen LogP contribution < -0.4 is 4.90 Å². The summed E-state index contributed by atoms with van der Waals surface area (Å²) in [6.07, 6.45) is 0.